The fourth-order valence-corrected chi connectivity index (χ4v) is 1.52. The third kappa shape index (κ3) is 9.69. The molecule has 1 atom stereocenters. The molecule has 104 valence electrons. The van der Waals surface area contributed by atoms with Gasteiger partial charge < -0.3 is 15.2 Å². The van der Waals surface area contributed by atoms with Crippen molar-refractivity contribution in [2.75, 3.05) is 6.61 Å². The van der Waals surface area contributed by atoms with Crippen LogP contribution >= 0.6 is 0 Å². The van der Waals surface area contributed by atoms with Gasteiger partial charge in [-0.05, 0) is 19.8 Å². The van der Waals surface area contributed by atoms with Gasteiger partial charge in [0.2, 0.25) is 0 Å². The van der Waals surface area contributed by atoms with Gasteiger partial charge in [0.05, 0.1) is 6.61 Å². The molecule has 0 radical (unpaired) electrons. The Morgan fingerprint density at radius 2 is 2.00 bits per heavy atom. The summed E-state index contributed by atoms with van der Waals surface area (Å²) in [5, 5.41) is 0. The molecular weight excluding hydrogens is 234 g/mol. The maximum Gasteiger partial charge on any atom is 0.404 e. The number of hydrogen-bond donors (Lipinski definition) is 1. The lowest BCUT2D eigenvalue weighted by molar-refractivity contribution is -0.137. The van der Waals surface area contributed by atoms with E-state index in [9.17, 15) is 9.59 Å². The fourth-order valence-electron chi connectivity index (χ4n) is 1.52. The first-order valence-corrected chi connectivity index (χ1v) is 6.39. The highest BCUT2D eigenvalue weighted by Crippen LogP contribution is 2.11. The second-order valence-corrected chi connectivity index (χ2v) is 3.94. The molecule has 0 aliphatic rings. The summed E-state index contributed by atoms with van der Waals surface area (Å²) in [5.74, 6) is -0.385. The Bertz CT molecular complexity index is 276. The van der Waals surface area contributed by atoms with E-state index in [4.69, 9.17) is 15.2 Å². The van der Waals surface area contributed by atoms with Crippen molar-refractivity contribution in [1.82, 2.24) is 0 Å². The van der Waals surface area contributed by atoms with Crippen molar-refractivity contribution < 1.29 is 19.1 Å². The number of carbonyl (C=O) groups excluding carboxylic acids is 2. The third-order valence-electron chi connectivity index (χ3n) is 2.35. The Kier molecular flexibility index (Phi) is 9.73. The van der Waals surface area contributed by atoms with Crippen LogP contribution in [0.25, 0.3) is 0 Å². The Balaban J connectivity index is 4.06. The van der Waals surface area contributed by atoms with Crippen LogP contribution in [0, 0.1) is 0 Å². The molecule has 0 spiro atoms. The van der Waals surface area contributed by atoms with Crippen LogP contribution in [0.15, 0.2) is 12.2 Å². The van der Waals surface area contributed by atoms with Gasteiger partial charge in [-0.15, -0.1) is 0 Å². The van der Waals surface area contributed by atoms with Crippen molar-refractivity contribution in [1.29, 1.82) is 0 Å². The molecule has 1 amide bonds. The van der Waals surface area contributed by atoms with Crippen molar-refractivity contribution in [3.8, 4) is 0 Å². The van der Waals surface area contributed by atoms with Crippen LogP contribution in [-0.2, 0) is 14.3 Å². The number of carbonyl (C=O) groups is 2. The van der Waals surface area contributed by atoms with Gasteiger partial charge in [0.15, 0.2) is 0 Å². The molecule has 0 aromatic carbocycles. The van der Waals surface area contributed by atoms with Crippen LogP contribution in [0.1, 0.15) is 46.0 Å². The summed E-state index contributed by atoms with van der Waals surface area (Å²) in [4.78, 5) is 21.8. The van der Waals surface area contributed by atoms with E-state index in [0.717, 1.165) is 25.7 Å². The molecular formula is C13H23NO4. The molecule has 0 unspecified atom stereocenters. The van der Waals surface area contributed by atoms with Crippen molar-refractivity contribution in [2.45, 2.75) is 52.1 Å². The Labute approximate surface area is 108 Å². The maximum atomic E-state index is 11.1. The molecule has 0 rings (SSSR count). The molecule has 18 heavy (non-hydrogen) atoms. The molecule has 5 nitrogen and oxygen atoms in total. The maximum absolute atomic E-state index is 11.1. The number of ether oxygens (including phenoxy) is 2. The van der Waals surface area contributed by atoms with Crippen LogP contribution in [0.3, 0.4) is 0 Å². The van der Waals surface area contributed by atoms with Gasteiger partial charge in [-0.25, -0.2) is 9.59 Å². The molecule has 0 fully saturated rings. The smallest absolute Gasteiger partial charge is 0.404 e. The lowest BCUT2D eigenvalue weighted by Gasteiger charge is -2.14. The predicted molar refractivity (Wildman–Crippen MR) is 69.0 cm³/mol. The zero-order valence-electron chi connectivity index (χ0n) is 11.2. The van der Waals surface area contributed by atoms with E-state index in [1.54, 1.807) is 13.0 Å². The number of unbranched alkanes of at least 4 members (excludes halogenated alkanes) is 2. The molecule has 5 heteroatoms. The Morgan fingerprint density at radius 3 is 2.56 bits per heavy atom. The molecule has 0 saturated carbocycles. The first-order valence-electron chi connectivity index (χ1n) is 6.39. The van der Waals surface area contributed by atoms with Gasteiger partial charge in [-0.3, -0.25) is 0 Å². The van der Waals surface area contributed by atoms with E-state index in [1.807, 2.05) is 0 Å². The second-order valence-electron chi connectivity index (χ2n) is 3.94. The van der Waals surface area contributed by atoms with Crippen LogP contribution in [0.2, 0.25) is 0 Å². The van der Waals surface area contributed by atoms with Crippen LogP contribution in [-0.4, -0.2) is 24.8 Å². The van der Waals surface area contributed by atoms with Crippen LogP contribution in [0.5, 0.6) is 0 Å². The highest BCUT2D eigenvalue weighted by Gasteiger charge is 2.10. The average molecular weight is 257 g/mol. The average Bonchev–Trinajstić information content (AvgIpc) is 2.28. The van der Waals surface area contributed by atoms with Crippen LogP contribution in [0.4, 0.5) is 4.79 Å². The zero-order valence-corrected chi connectivity index (χ0v) is 11.2. The van der Waals surface area contributed by atoms with E-state index in [-0.39, 0.29) is 12.1 Å². The molecule has 0 aromatic heterocycles. The number of amides is 1. The van der Waals surface area contributed by atoms with Gasteiger partial charge in [-0.1, -0.05) is 25.8 Å². The third-order valence-corrected chi connectivity index (χ3v) is 2.35. The SMILES string of the molecule is CCCCC[C@H](C/C=C/C(=O)OCC)OC(N)=O. The standard InChI is InChI=1S/C13H23NO4/c1-3-5-6-8-11(18-13(14)16)9-7-10-12(15)17-4-2/h7,10-11H,3-6,8-9H2,1-2H3,(H2,14,16)/b10-7+/t11-/m1/s1. The normalized spacial score (nSPS) is 12.3. The van der Waals surface area contributed by atoms with E-state index in [1.165, 1.54) is 6.08 Å². The summed E-state index contributed by atoms with van der Waals surface area (Å²) in [6.45, 7) is 4.20. The van der Waals surface area contributed by atoms with Crippen molar-refractivity contribution in [3.63, 3.8) is 0 Å². The topological polar surface area (TPSA) is 78.6 Å². The number of hydrogen-bond acceptors (Lipinski definition) is 4. The first kappa shape index (κ1) is 16.5. The summed E-state index contributed by atoms with van der Waals surface area (Å²) >= 11 is 0. The minimum atomic E-state index is -0.777. The van der Waals surface area contributed by atoms with Crippen LogP contribution < -0.4 is 5.73 Å². The fraction of sp³-hybridized carbons (Fsp3) is 0.692. The quantitative estimate of drug-likeness (QED) is 0.391. The molecule has 0 aliphatic carbocycles. The lowest BCUT2D eigenvalue weighted by atomic mass is 10.1. The van der Waals surface area contributed by atoms with Gasteiger partial charge in [0.25, 0.3) is 0 Å². The summed E-state index contributed by atoms with van der Waals surface area (Å²) in [6, 6.07) is 0. The highest BCUT2D eigenvalue weighted by molar-refractivity contribution is 5.81. The van der Waals surface area contributed by atoms with Gasteiger partial charge in [0, 0.05) is 12.5 Å². The zero-order chi connectivity index (χ0) is 13.8. The molecule has 0 heterocycles. The first-order chi connectivity index (χ1) is 8.60. The molecule has 0 saturated heterocycles. The molecule has 0 bridgehead atoms. The molecule has 2 N–H and O–H groups in total. The Hall–Kier alpha value is -1.52. The molecule has 0 aromatic rings. The van der Waals surface area contributed by atoms with Crippen molar-refractivity contribution in [3.05, 3.63) is 12.2 Å². The molecule has 0 aliphatic heterocycles. The monoisotopic (exact) mass is 257 g/mol. The summed E-state index contributed by atoms with van der Waals surface area (Å²) in [7, 11) is 0. The number of primary amides is 1. The highest BCUT2D eigenvalue weighted by atomic mass is 16.6. The van der Waals surface area contributed by atoms with Gasteiger partial charge in [0.1, 0.15) is 6.10 Å². The largest absolute Gasteiger partial charge is 0.463 e. The number of rotatable bonds is 9. The summed E-state index contributed by atoms with van der Waals surface area (Å²) in [5.41, 5.74) is 5.00. The van der Waals surface area contributed by atoms with Gasteiger partial charge >= 0.3 is 12.1 Å². The summed E-state index contributed by atoms with van der Waals surface area (Å²) < 4.78 is 9.72. The van der Waals surface area contributed by atoms with E-state index in [2.05, 4.69) is 6.92 Å². The minimum Gasteiger partial charge on any atom is -0.463 e. The predicted octanol–water partition coefficient (Wildman–Crippen LogP) is 2.54. The van der Waals surface area contributed by atoms with E-state index in [0.29, 0.717) is 13.0 Å². The van der Waals surface area contributed by atoms with Crippen molar-refractivity contribution in [2.24, 2.45) is 5.73 Å². The van der Waals surface area contributed by atoms with E-state index >= 15 is 0 Å². The summed E-state index contributed by atoms with van der Waals surface area (Å²) in [6.07, 6.45) is 6.35. The lowest BCUT2D eigenvalue weighted by Crippen LogP contribution is -2.22. The minimum absolute atomic E-state index is 0.264. The second kappa shape index (κ2) is 10.6. The number of esters is 1. The number of nitrogens with two attached hydrogens (primary N) is 1. The van der Waals surface area contributed by atoms with Gasteiger partial charge in [-0.2, -0.15) is 0 Å². The van der Waals surface area contributed by atoms with Crippen molar-refractivity contribution >= 4 is 12.1 Å². The Morgan fingerprint density at radius 1 is 1.28 bits per heavy atom. The van der Waals surface area contributed by atoms with E-state index < -0.39 is 6.09 Å².